The van der Waals surface area contributed by atoms with Crippen LogP contribution in [0.2, 0.25) is 0 Å². The van der Waals surface area contributed by atoms with E-state index in [0.29, 0.717) is 13.0 Å². The summed E-state index contributed by atoms with van der Waals surface area (Å²) in [7, 11) is 0. The lowest BCUT2D eigenvalue weighted by atomic mass is 9.76. The van der Waals surface area contributed by atoms with Crippen LogP contribution in [0.5, 0.6) is 11.5 Å². The van der Waals surface area contributed by atoms with Gasteiger partial charge in [-0.05, 0) is 30.4 Å². The standard InChI is InChI=1S/C15H19NO5/c1-15(2)4-3-5-16(12(15)14(20)21)13(19)9-6-10(17)8-11(18)7-9/h6-8,12,17-18H,3-5H2,1-2H3,(H,20,21). The summed E-state index contributed by atoms with van der Waals surface area (Å²) in [5, 5.41) is 28.4. The zero-order valence-electron chi connectivity index (χ0n) is 12.0. The Kier molecular flexibility index (Phi) is 3.80. The van der Waals surface area contributed by atoms with Gasteiger partial charge >= 0.3 is 5.97 Å². The molecule has 2 rings (SSSR count). The van der Waals surface area contributed by atoms with Gasteiger partial charge in [-0.1, -0.05) is 13.8 Å². The van der Waals surface area contributed by atoms with Crippen molar-refractivity contribution in [2.24, 2.45) is 5.41 Å². The number of aliphatic carboxylic acids is 1. The maximum absolute atomic E-state index is 12.5. The first-order chi connectivity index (χ1) is 9.72. The number of likely N-dealkylation sites (tertiary alicyclic amines) is 1. The number of rotatable bonds is 2. The summed E-state index contributed by atoms with van der Waals surface area (Å²) >= 11 is 0. The maximum atomic E-state index is 12.5. The zero-order chi connectivity index (χ0) is 15.8. The van der Waals surface area contributed by atoms with E-state index >= 15 is 0 Å². The van der Waals surface area contributed by atoms with Gasteiger partial charge in [0.25, 0.3) is 5.91 Å². The van der Waals surface area contributed by atoms with E-state index < -0.39 is 23.3 Å². The van der Waals surface area contributed by atoms with Gasteiger partial charge in [-0.15, -0.1) is 0 Å². The number of phenols is 2. The Morgan fingerprint density at radius 2 is 1.76 bits per heavy atom. The third-order valence-corrected chi connectivity index (χ3v) is 3.92. The highest BCUT2D eigenvalue weighted by Crippen LogP contribution is 2.36. The maximum Gasteiger partial charge on any atom is 0.326 e. The average Bonchev–Trinajstić information content (AvgIpc) is 2.34. The molecular formula is C15H19NO5. The second-order valence-corrected chi connectivity index (χ2v) is 6.07. The first-order valence-corrected chi connectivity index (χ1v) is 6.79. The SMILES string of the molecule is CC1(C)CCCN(C(=O)c2cc(O)cc(O)c2)C1C(=O)O. The number of hydrogen-bond acceptors (Lipinski definition) is 4. The predicted octanol–water partition coefficient (Wildman–Crippen LogP) is 1.81. The average molecular weight is 293 g/mol. The molecule has 1 saturated heterocycles. The molecule has 21 heavy (non-hydrogen) atoms. The van der Waals surface area contributed by atoms with Gasteiger partial charge in [0, 0.05) is 18.2 Å². The van der Waals surface area contributed by atoms with Crippen molar-refractivity contribution in [1.29, 1.82) is 0 Å². The molecule has 1 atom stereocenters. The van der Waals surface area contributed by atoms with Crippen molar-refractivity contribution >= 4 is 11.9 Å². The Bertz CT molecular complexity index is 561. The van der Waals surface area contributed by atoms with Crippen molar-refractivity contribution in [3.8, 4) is 11.5 Å². The smallest absolute Gasteiger partial charge is 0.326 e. The second kappa shape index (κ2) is 5.27. The van der Waals surface area contributed by atoms with Gasteiger partial charge in [0.05, 0.1) is 0 Å². The van der Waals surface area contributed by atoms with Gasteiger partial charge in [0.1, 0.15) is 17.5 Å². The van der Waals surface area contributed by atoms with Crippen LogP contribution in [-0.2, 0) is 4.79 Å². The van der Waals surface area contributed by atoms with Crippen LogP contribution in [0.25, 0.3) is 0 Å². The molecule has 0 spiro atoms. The molecule has 1 aliphatic heterocycles. The van der Waals surface area contributed by atoms with E-state index in [4.69, 9.17) is 0 Å². The Morgan fingerprint density at radius 3 is 2.29 bits per heavy atom. The van der Waals surface area contributed by atoms with Crippen LogP contribution >= 0.6 is 0 Å². The molecule has 0 saturated carbocycles. The highest BCUT2D eigenvalue weighted by molar-refractivity contribution is 5.97. The molecule has 114 valence electrons. The zero-order valence-corrected chi connectivity index (χ0v) is 12.0. The monoisotopic (exact) mass is 293 g/mol. The van der Waals surface area contributed by atoms with E-state index in [1.165, 1.54) is 17.0 Å². The molecule has 1 heterocycles. The molecule has 0 aliphatic carbocycles. The van der Waals surface area contributed by atoms with Gasteiger partial charge in [-0.25, -0.2) is 4.79 Å². The van der Waals surface area contributed by atoms with Crippen LogP contribution in [-0.4, -0.2) is 44.7 Å². The van der Waals surface area contributed by atoms with E-state index in [2.05, 4.69) is 0 Å². The fraction of sp³-hybridized carbons (Fsp3) is 0.467. The van der Waals surface area contributed by atoms with Gasteiger partial charge in [0.2, 0.25) is 0 Å². The second-order valence-electron chi connectivity index (χ2n) is 6.07. The molecule has 1 aromatic carbocycles. The number of amides is 1. The molecule has 1 fully saturated rings. The molecule has 1 aromatic rings. The summed E-state index contributed by atoms with van der Waals surface area (Å²) in [5.41, 5.74) is -0.449. The highest BCUT2D eigenvalue weighted by atomic mass is 16.4. The lowest BCUT2D eigenvalue weighted by Gasteiger charge is -2.44. The number of carboxylic acid groups (broad SMARTS) is 1. The van der Waals surface area contributed by atoms with Crippen LogP contribution in [0, 0.1) is 5.41 Å². The quantitative estimate of drug-likeness (QED) is 0.772. The summed E-state index contributed by atoms with van der Waals surface area (Å²) < 4.78 is 0. The Balaban J connectivity index is 2.38. The summed E-state index contributed by atoms with van der Waals surface area (Å²) in [6.45, 7) is 3.99. The summed E-state index contributed by atoms with van der Waals surface area (Å²) in [6, 6.07) is 2.64. The number of hydrogen-bond donors (Lipinski definition) is 3. The number of benzene rings is 1. The molecule has 1 unspecified atom stereocenters. The fourth-order valence-corrected chi connectivity index (χ4v) is 2.96. The van der Waals surface area contributed by atoms with Crippen molar-refractivity contribution in [3.05, 3.63) is 23.8 Å². The lowest BCUT2D eigenvalue weighted by Crippen LogP contribution is -2.56. The molecule has 6 nitrogen and oxygen atoms in total. The summed E-state index contributed by atoms with van der Waals surface area (Å²) in [5.74, 6) is -2.01. The topological polar surface area (TPSA) is 98.1 Å². The molecule has 0 bridgehead atoms. The van der Waals surface area contributed by atoms with Gasteiger partial charge in [-0.3, -0.25) is 4.79 Å². The minimum atomic E-state index is -1.04. The van der Waals surface area contributed by atoms with Gasteiger partial charge in [0.15, 0.2) is 0 Å². The third-order valence-electron chi connectivity index (χ3n) is 3.92. The van der Waals surface area contributed by atoms with Crippen molar-refractivity contribution < 1.29 is 24.9 Å². The minimum Gasteiger partial charge on any atom is -0.508 e. The summed E-state index contributed by atoms with van der Waals surface area (Å²) in [4.78, 5) is 25.4. The van der Waals surface area contributed by atoms with E-state index in [-0.39, 0.29) is 17.1 Å². The molecule has 6 heteroatoms. The number of carboxylic acids is 1. The van der Waals surface area contributed by atoms with Crippen molar-refractivity contribution in [2.45, 2.75) is 32.7 Å². The summed E-state index contributed by atoms with van der Waals surface area (Å²) in [6.07, 6.45) is 1.44. The number of carbonyl (C=O) groups excluding carboxylic acids is 1. The number of nitrogens with zero attached hydrogens (tertiary/aromatic N) is 1. The van der Waals surface area contributed by atoms with Gasteiger partial charge < -0.3 is 20.2 Å². The van der Waals surface area contributed by atoms with Crippen LogP contribution in [0.3, 0.4) is 0 Å². The Morgan fingerprint density at radius 1 is 1.19 bits per heavy atom. The molecular weight excluding hydrogens is 274 g/mol. The van der Waals surface area contributed by atoms with Crippen molar-refractivity contribution in [1.82, 2.24) is 4.90 Å². The van der Waals surface area contributed by atoms with Crippen LogP contribution in [0.15, 0.2) is 18.2 Å². The molecule has 0 aromatic heterocycles. The molecule has 3 N–H and O–H groups in total. The van der Waals surface area contributed by atoms with E-state index in [1.807, 2.05) is 13.8 Å². The van der Waals surface area contributed by atoms with Gasteiger partial charge in [-0.2, -0.15) is 0 Å². The van der Waals surface area contributed by atoms with E-state index in [9.17, 15) is 24.9 Å². The van der Waals surface area contributed by atoms with E-state index in [0.717, 1.165) is 12.5 Å². The Hall–Kier alpha value is -2.24. The van der Waals surface area contributed by atoms with E-state index in [1.54, 1.807) is 0 Å². The van der Waals surface area contributed by atoms with Crippen molar-refractivity contribution in [3.63, 3.8) is 0 Å². The highest BCUT2D eigenvalue weighted by Gasteiger charge is 2.44. The number of piperidine rings is 1. The molecule has 1 amide bonds. The predicted molar refractivity (Wildman–Crippen MR) is 75.2 cm³/mol. The molecule has 1 aliphatic rings. The fourth-order valence-electron chi connectivity index (χ4n) is 2.96. The number of carbonyl (C=O) groups is 2. The Labute approximate surface area is 122 Å². The first-order valence-electron chi connectivity index (χ1n) is 6.79. The van der Waals surface area contributed by atoms with Crippen LogP contribution in [0.4, 0.5) is 0 Å². The van der Waals surface area contributed by atoms with Crippen LogP contribution in [0.1, 0.15) is 37.0 Å². The van der Waals surface area contributed by atoms with Crippen LogP contribution < -0.4 is 0 Å². The first kappa shape index (κ1) is 15.2. The van der Waals surface area contributed by atoms with Crippen molar-refractivity contribution in [2.75, 3.05) is 6.54 Å². The normalized spacial score (nSPS) is 21.0. The third kappa shape index (κ3) is 2.94. The molecule has 0 radical (unpaired) electrons. The number of aromatic hydroxyl groups is 2. The lowest BCUT2D eigenvalue weighted by molar-refractivity contribution is -0.148. The number of phenolic OH excluding ortho intramolecular Hbond substituents is 2. The minimum absolute atomic E-state index is 0.0800. The largest absolute Gasteiger partial charge is 0.508 e.